The van der Waals surface area contributed by atoms with Crippen molar-refractivity contribution in [2.75, 3.05) is 18.1 Å². The quantitative estimate of drug-likeness (QED) is 0.714. The first-order chi connectivity index (χ1) is 9.11. The fourth-order valence-corrected chi connectivity index (χ4v) is 1.77. The Morgan fingerprint density at radius 1 is 1.42 bits per heavy atom. The first kappa shape index (κ1) is 12.9. The van der Waals surface area contributed by atoms with E-state index in [1.807, 2.05) is 13.1 Å². The lowest BCUT2D eigenvalue weighted by Crippen LogP contribution is -2.18. The van der Waals surface area contributed by atoms with Gasteiger partial charge in [0.2, 0.25) is 0 Å². The minimum absolute atomic E-state index is 0.148. The maximum Gasteiger partial charge on any atom is 0.251 e. The number of nitrogens with one attached hydrogen (secondary N) is 2. The summed E-state index contributed by atoms with van der Waals surface area (Å²) in [6.07, 6.45) is 1.75. The number of benzene rings is 1. The molecule has 1 aromatic carbocycles. The van der Waals surface area contributed by atoms with Crippen LogP contribution in [0.15, 0.2) is 30.5 Å². The smallest absolute Gasteiger partial charge is 0.251 e. The zero-order chi connectivity index (χ0) is 13.8. The van der Waals surface area contributed by atoms with Crippen molar-refractivity contribution in [2.24, 2.45) is 7.05 Å². The monoisotopic (exact) mass is 259 g/mol. The third kappa shape index (κ3) is 2.85. The summed E-state index contributed by atoms with van der Waals surface area (Å²) in [5, 5.41) is 9.88. The fraction of sp³-hybridized carbons (Fsp3) is 0.231. The third-order valence-electron chi connectivity index (χ3n) is 2.92. The van der Waals surface area contributed by atoms with E-state index in [1.165, 1.54) is 0 Å². The van der Waals surface area contributed by atoms with E-state index in [0.717, 1.165) is 11.4 Å². The average Bonchev–Trinajstić information content (AvgIpc) is 2.82. The normalized spacial score (nSPS) is 10.2. The fourth-order valence-electron chi connectivity index (χ4n) is 1.77. The van der Waals surface area contributed by atoms with Gasteiger partial charge < -0.3 is 16.4 Å². The van der Waals surface area contributed by atoms with Gasteiger partial charge in [-0.3, -0.25) is 9.48 Å². The molecule has 6 heteroatoms. The number of nitrogens with two attached hydrogens (primary N) is 1. The van der Waals surface area contributed by atoms with E-state index in [1.54, 1.807) is 36.1 Å². The van der Waals surface area contributed by atoms with Gasteiger partial charge in [-0.2, -0.15) is 5.10 Å². The van der Waals surface area contributed by atoms with Crippen molar-refractivity contribution in [3.05, 3.63) is 41.7 Å². The van der Waals surface area contributed by atoms with Gasteiger partial charge in [-0.1, -0.05) is 0 Å². The maximum absolute atomic E-state index is 11.5. The number of nitrogen functional groups attached to an aromatic ring is 1. The number of carbonyl (C=O) groups excluding carboxylic acids is 1. The molecule has 6 nitrogen and oxygen atoms in total. The predicted molar refractivity (Wildman–Crippen MR) is 74.8 cm³/mol. The molecular formula is C13H17N5O. The van der Waals surface area contributed by atoms with E-state index in [9.17, 15) is 4.79 Å². The molecule has 1 heterocycles. The number of nitrogens with zero attached hydrogens (tertiary/aromatic N) is 2. The lowest BCUT2D eigenvalue weighted by molar-refractivity contribution is 0.0963. The van der Waals surface area contributed by atoms with Crippen molar-refractivity contribution in [3.63, 3.8) is 0 Å². The molecule has 1 aromatic heterocycles. The van der Waals surface area contributed by atoms with Gasteiger partial charge in [0.25, 0.3) is 5.91 Å². The highest BCUT2D eigenvalue weighted by atomic mass is 16.1. The topological polar surface area (TPSA) is 85.0 Å². The Kier molecular flexibility index (Phi) is 3.70. The van der Waals surface area contributed by atoms with Crippen LogP contribution in [0.25, 0.3) is 0 Å². The van der Waals surface area contributed by atoms with Crippen LogP contribution >= 0.6 is 0 Å². The number of hydrogen-bond donors (Lipinski definition) is 3. The van der Waals surface area contributed by atoms with Crippen LogP contribution in [-0.2, 0) is 13.6 Å². The van der Waals surface area contributed by atoms with E-state index in [2.05, 4.69) is 15.7 Å². The Hall–Kier alpha value is -2.50. The van der Waals surface area contributed by atoms with Crippen LogP contribution in [0.5, 0.6) is 0 Å². The van der Waals surface area contributed by atoms with Crippen LogP contribution in [0.4, 0.5) is 11.4 Å². The van der Waals surface area contributed by atoms with Crippen molar-refractivity contribution in [1.29, 1.82) is 0 Å². The average molecular weight is 259 g/mol. The molecule has 2 rings (SSSR count). The van der Waals surface area contributed by atoms with Gasteiger partial charge in [-0.25, -0.2) is 0 Å². The molecule has 2 aromatic rings. The van der Waals surface area contributed by atoms with Crippen molar-refractivity contribution in [1.82, 2.24) is 15.1 Å². The van der Waals surface area contributed by atoms with Crippen molar-refractivity contribution < 1.29 is 4.79 Å². The van der Waals surface area contributed by atoms with E-state index in [4.69, 9.17) is 5.73 Å². The number of aryl methyl sites for hydroxylation is 1. The Labute approximate surface area is 111 Å². The van der Waals surface area contributed by atoms with Gasteiger partial charge in [0.05, 0.1) is 23.6 Å². The van der Waals surface area contributed by atoms with Crippen molar-refractivity contribution in [3.8, 4) is 0 Å². The molecule has 0 radical (unpaired) electrons. The van der Waals surface area contributed by atoms with Crippen molar-refractivity contribution >= 4 is 17.3 Å². The SMILES string of the molecule is CNC(=O)c1ccc(NCc2ccnn2C)c(N)c1. The zero-order valence-electron chi connectivity index (χ0n) is 11.0. The summed E-state index contributed by atoms with van der Waals surface area (Å²) in [5.41, 5.74) is 8.87. The van der Waals surface area contributed by atoms with E-state index >= 15 is 0 Å². The highest BCUT2D eigenvalue weighted by Crippen LogP contribution is 2.20. The number of anilines is 2. The minimum atomic E-state index is -0.148. The number of rotatable bonds is 4. The summed E-state index contributed by atoms with van der Waals surface area (Å²) in [4.78, 5) is 11.5. The molecule has 0 fully saturated rings. The van der Waals surface area contributed by atoms with Crippen LogP contribution in [0.1, 0.15) is 16.1 Å². The van der Waals surface area contributed by atoms with Crippen LogP contribution in [0, 0.1) is 0 Å². The van der Waals surface area contributed by atoms with Crippen LogP contribution in [-0.4, -0.2) is 22.7 Å². The highest BCUT2D eigenvalue weighted by Gasteiger charge is 2.06. The molecule has 4 N–H and O–H groups in total. The molecule has 0 aliphatic rings. The van der Waals surface area contributed by atoms with Gasteiger partial charge in [0.15, 0.2) is 0 Å². The Morgan fingerprint density at radius 2 is 2.21 bits per heavy atom. The summed E-state index contributed by atoms with van der Waals surface area (Å²) in [6.45, 7) is 0.625. The minimum Gasteiger partial charge on any atom is -0.397 e. The molecule has 0 saturated heterocycles. The molecule has 1 amide bonds. The zero-order valence-corrected chi connectivity index (χ0v) is 11.0. The second kappa shape index (κ2) is 5.43. The molecule has 19 heavy (non-hydrogen) atoms. The van der Waals surface area contributed by atoms with E-state index in [-0.39, 0.29) is 5.91 Å². The van der Waals surface area contributed by atoms with Gasteiger partial charge in [-0.05, 0) is 24.3 Å². The van der Waals surface area contributed by atoms with Crippen LogP contribution in [0.2, 0.25) is 0 Å². The first-order valence-electron chi connectivity index (χ1n) is 5.94. The van der Waals surface area contributed by atoms with Crippen LogP contribution < -0.4 is 16.4 Å². The lowest BCUT2D eigenvalue weighted by atomic mass is 10.1. The number of hydrogen-bond acceptors (Lipinski definition) is 4. The largest absolute Gasteiger partial charge is 0.397 e. The maximum atomic E-state index is 11.5. The molecule has 0 unspecified atom stereocenters. The Bertz CT molecular complexity index is 590. The Morgan fingerprint density at radius 3 is 2.79 bits per heavy atom. The highest BCUT2D eigenvalue weighted by molar-refractivity contribution is 5.95. The third-order valence-corrected chi connectivity index (χ3v) is 2.92. The lowest BCUT2D eigenvalue weighted by Gasteiger charge is -2.10. The summed E-state index contributed by atoms with van der Waals surface area (Å²) >= 11 is 0. The van der Waals surface area contributed by atoms with Gasteiger partial charge in [0, 0.05) is 25.9 Å². The standard InChI is InChI=1S/C13H17N5O/c1-15-13(19)9-3-4-12(11(14)7-9)16-8-10-5-6-17-18(10)2/h3-7,16H,8,14H2,1-2H3,(H,15,19). The van der Waals surface area contributed by atoms with E-state index < -0.39 is 0 Å². The number of amides is 1. The molecule has 0 saturated carbocycles. The number of carbonyl (C=O) groups is 1. The second-order valence-electron chi connectivity index (χ2n) is 4.18. The molecule has 0 bridgehead atoms. The van der Waals surface area contributed by atoms with E-state index in [0.29, 0.717) is 17.8 Å². The summed E-state index contributed by atoms with van der Waals surface area (Å²) in [5.74, 6) is -0.148. The summed E-state index contributed by atoms with van der Waals surface area (Å²) in [6, 6.07) is 7.13. The predicted octanol–water partition coefficient (Wildman–Crippen LogP) is 0.974. The molecular weight excluding hydrogens is 242 g/mol. The molecule has 0 aliphatic heterocycles. The molecule has 0 atom stereocenters. The van der Waals surface area contributed by atoms with Crippen molar-refractivity contribution in [2.45, 2.75) is 6.54 Å². The van der Waals surface area contributed by atoms with Gasteiger partial charge in [0.1, 0.15) is 0 Å². The van der Waals surface area contributed by atoms with Gasteiger partial charge in [-0.15, -0.1) is 0 Å². The summed E-state index contributed by atoms with van der Waals surface area (Å²) < 4.78 is 1.79. The van der Waals surface area contributed by atoms with Crippen LogP contribution in [0.3, 0.4) is 0 Å². The molecule has 100 valence electrons. The second-order valence-corrected chi connectivity index (χ2v) is 4.18. The summed E-state index contributed by atoms with van der Waals surface area (Å²) in [7, 11) is 3.47. The van der Waals surface area contributed by atoms with Gasteiger partial charge >= 0.3 is 0 Å². The number of aromatic nitrogens is 2. The molecule has 0 aliphatic carbocycles. The first-order valence-corrected chi connectivity index (χ1v) is 5.94. The molecule has 0 spiro atoms. The Balaban J connectivity index is 2.09.